The predicted molar refractivity (Wildman–Crippen MR) is 79.5 cm³/mol. The van der Waals surface area contributed by atoms with Gasteiger partial charge in [-0.25, -0.2) is 0 Å². The molecular formula is C14H14BNO2S. The van der Waals surface area contributed by atoms with Crippen LogP contribution in [0.1, 0.15) is 6.92 Å². The summed E-state index contributed by atoms with van der Waals surface area (Å²) in [4.78, 5) is 4.39. The largest absolute Gasteiger partial charge is 0.490 e. The Labute approximate surface area is 117 Å². The zero-order chi connectivity index (χ0) is 13.4. The van der Waals surface area contributed by atoms with Crippen LogP contribution in [0.15, 0.2) is 52.3 Å². The highest BCUT2D eigenvalue weighted by atomic mass is 32.2. The lowest BCUT2D eigenvalue weighted by Gasteiger charge is -2.33. The summed E-state index contributed by atoms with van der Waals surface area (Å²) < 4.78 is 0. The van der Waals surface area contributed by atoms with Gasteiger partial charge in [-0.2, -0.15) is 0 Å². The van der Waals surface area contributed by atoms with Crippen molar-refractivity contribution in [1.29, 1.82) is 0 Å². The minimum atomic E-state index is -1.45. The molecule has 0 bridgehead atoms. The van der Waals surface area contributed by atoms with Gasteiger partial charge in [-0.15, -0.1) is 0 Å². The number of fused-ring (bicyclic) bond motifs is 2. The fourth-order valence-electron chi connectivity index (χ4n) is 2.45. The van der Waals surface area contributed by atoms with Crippen molar-refractivity contribution in [3.8, 4) is 0 Å². The van der Waals surface area contributed by atoms with Gasteiger partial charge in [-0.05, 0) is 25.1 Å². The van der Waals surface area contributed by atoms with E-state index in [4.69, 9.17) is 0 Å². The predicted octanol–water partition coefficient (Wildman–Crippen LogP) is 1.99. The fourth-order valence-corrected chi connectivity index (χ4v) is 3.59. The highest BCUT2D eigenvalue weighted by Gasteiger charge is 2.28. The van der Waals surface area contributed by atoms with Crippen LogP contribution < -0.4 is 10.4 Å². The number of hydrogen-bond acceptors (Lipinski definition) is 4. The Kier molecular flexibility index (Phi) is 3.27. The maximum Gasteiger partial charge on any atom is 0.490 e. The number of para-hydroxylation sites is 2. The number of anilines is 2. The Morgan fingerprint density at radius 1 is 1.05 bits per heavy atom. The number of benzene rings is 2. The summed E-state index contributed by atoms with van der Waals surface area (Å²) in [5, 5.41) is 19.1. The van der Waals surface area contributed by atoms with E-state index in [2.05, 4.69) is 24.0 Å². The average Bonchev–Trinajstić information content (AvgIpc) is 2.43. The van der Waals surface area contributed by atoms with Crippen molar-refractivity contribution in [1.82, 2.24) is 0 Å². The maximum absolute atomic E-state index is 9.56. The van der Waals surface area contributed by atoms with Crippen molar-refractivity contribution < 1.29 is 10.0 Å². The van der Waals surface area contributed by atoms with Gasteiger partial charge in [0.05, 0.1) is 11.4 Å². The Balaban J connectivity index is 2.22. The van der Waals surface area contributed by atoms with Crippen LogP contribution in [-0.2, 0) is 0 Å². The van der Waals surface area contributed by atoms with E-state index < -0.39 is 7.12 Å². The molecule has 0 saturated heterocycles. The Bertz CT molecular complexity index is 618. The molecule has 0 fully saturated rings. The Hall–Kier alpha value is -1.43. The van der Waals surface area contributed by atoms with Gasteiger partial charge in [0.2, 0.25) is 0 Å². The van der Waals surface area contributed by atoms with Gasteiger partial charge < -0.3 is 14.9 Å². The summed E-state index contributed by atoms with van der Waals surface area (Å²) in [6.07, 6.45) is 0. The molecular weight excluding hydrogens is 257 g/mol. The van der Waals surface area contributed by atoms with E-state index in [1.807, 2.05) is 24.3 Å². The molecule has 0 aliphatic carbocycles. The SMILES string of the molecule is CCN1c2ccccc2Sc2cccc(B(O)O)c21. The molecule has 2 aromatic rings. The first-order valence-electron chi connectivity index (χ1n) is 6.26. The van der Waals surface area contributed by atoms with E-state index >= 15 is 0 Å². The molecule has 0 saturated carbocycles. The van der Waals surface area contributed by atoms with Crippen LogP contribution in [0, 0.1) is 0 Å². The second-order valence-electron chi connectivity index (χ2n) is 4.38. The van der Waals surface area contributed by atoms with Crippen LogP contribution >= 0.6 is 11.8 Å². The second kappa shape index (κ2) is 4.92. The van der Waals surface area contributed by atoms with Gasteiger partial charge in [-0.3, -0.25) is 0 Å². The molecule has 0 spiro atoms. The summed E-state index contributed by atoms with van der Waals surface area (Å²) in [6.45, 7) is 2.85. The third kappa shape index (κ3) is 2.04. The van der Waals surface area contributed by atoms with Gasteiger partial charge in [0, 0.05) is 21.8 Å². The van der Waals surface area contributed by atoms with Crippen molar-refractivity contribution in [2.45, 2.75) is 16.7 Å². The summed E-state index contributed by atoms with van der Waals surface area (Å²) in [5.74, 6) is 0. The van der Waals surface area contributed by atoms with Gasteiger partial charge in [-0.1, -0.05) is 36.0 Å². The highest BCUT2D eigenvalue weighted by Crippen LogP contribution is 2.46. The molecule has 1 heterocycles. The van der Waals surface area contributed by atoms with E-state index in [-0.39, 0.29) is 0 Å². The van der Waals surface area contributed by atoms with Crippen molar-refractivity contribution in [3.63, 3.8) is 0 Å². The molecule has 1 aliphatic heterocycles. The molecule has 0 atom stereocenters. The van der Waals surface area contributed by atoms with Gasteiger partial charge >= 0.3 is 7.12 Å². The standard InChI is InChI=1S/C14H14BNO2S/c1-2-16-11-7-3-4-8-12(11)19-13-9-5-6-10(14(13)16)15(17)18/h3-9,17-18H,2H2,1H3. The topological polar surface area (TPSA) is 43.7 Å². The smallest absolute Gasteiger partial charge is 0.423 e. The van der Waals surface area contributed by atoms with E-state index in [9.17, 15) is 10.0 Å². The molecule has 0 aromatic heterocycles. The van der Waals surface area contributed by atoms with Gasteiger partial charge in [0.25, 0.3) is 0 Å². The molecule has 19 heavy (non-hydrogen) atoms. The summed E-state index contributed by atoms with van der Waals surface area (Å²) >= 11 is 1.67. The quantitative estimate of drug-likeness (QED) is 0.820. The van der Waals surface area contributed by atoms with Gasteiger partial charge in [0.1, 0.15) is 0 Å². The van der Waals surface area contributed by atoms with Gasteiger partial charge in [0.15, 0.2) is 0 Å². The first-order chi connectivity index (χ1) is 9.22. The minimum Gasteiger partial charge on any atom is -0.423 e. The van der Waals surface area contributed by atoms with Crippen LogP contribution in [0.25, 0.3) is 0 Å². The first-order valence-corrected chi connectivity index (χ1v) is 7.07. The Morgan fingerprint density at radius 3 is 2.53 bits per heavy atom. The van der Waals surface area contributed by atoms with E-state index in [1.165, 1.54) is 4.90 Å². The molecule has 0 radical (unpaired) electrons. The van der Waals surface area contributed by atoms with Crippen molar-refractivity contribution in [2.75, 3.05) is 11.4 Å². The third-order valence-corrected chi connectivity index (χ3v) is 4.38. The van der Waals surface area contributed by atoms with E-state index in [0.29, 0.717) is 5.46 Å². The zero-order valence-electron chi connectivity index (χ0n) is 10.6. The number of hydrogen-bond donors (Lipinski definition) is 2. The third-order valence-electron chi connectivity index (χ3n) is 3.27. The van der Waals surface area contributed by atoms with Crippen molar-refractivity contribution in [2.24, 2.45) is 0 Å². The normalized spacial score (nSPS) is 12.9. The lowest BCUT2D eigenvalue weighted by atomic mass is 9.78. The molecule has 3 nitrogen and oxygen atoms in total. The van der Waals surface area contributed by atoms with Crippen molar-refractivity contribution >= 4 is 35.7 Å². The number of nitrogens with zero attached hydrogens (tertiary/aromatic N) is 1. The van der Waals surface area contributed by atoms with Crippen LogP contribution in [-0.4, -0.2) is 23.7 Å². The summed E-state index contributed by atoms with van der Waals surface area (Å²) in [6, 6.07) is 13.8. The van der Waals surface area contributed by atoms with Crippen LogP contribution in [0.3, 0.4) is 0 Å². The number of rotatable bonds is 2. The summed E-state index contributed by atoms with van der Waals surface area (Å²) in [7, 11) is -1.45. The molecule has 2 aromatic carbocycles. The molecule has 0 unspecified atom stereocenters. The van der Waals surface area contributed by atoms with Crippen molar-refractivity contribution in [3.05, 3.63) is 42.5 Å². The van der Waals surface area contributed by atoms with Crippen LogP contribution in [0.5, 0.6) is 0 Å². The summed E-state index contributed by atoms with van der Waals surface area (Å²) in [5.41, 5.74) is 2.58. The van der Waals surface area contributed by atoms with Crippen LogP contribution in [0.4, 0.5) is 11.4 Å². The lowest BCUT2D eigenvalue weighted by molar-refractivity contribution is 0.426. The van der Waals surface area contributed by atoms with E-state index in [0.717, 1.165) is 22.8 Å². The molecule has 96 valence electrons. The molecule has 2 N–H and O–H groups in total. The maximum atomic E-state index is 9.56. The van der Waals surface area contributed by atoms with Crippen LogP contribution in [0.2, 0.25) is 0 Å². The molecule has 1 aliphatic rings. The lowest BCUT2D eigenvalue weighted by Crippen LogP contribution is -2.36. The highest BCUT2D eigenvalue weighted by molar-refractivity contribution is 7.99. The molecule has 5 heteroatoms. The zero-order valence-corrected chi connectivity index (χ0v) is 11.4. The fraction of sp³-hybridized carbons (Fsp3) is 0.143. The van der Waals surface area contributed by atoms with E-state index in [1.54, 1.807) is 17.8 Å². The minimum absolute atomic E-state index is 0.557. The molecule has 0 amide bonds. The second-order valence-corrected chi connectivity index (χ2v) is 5.47. The molecule has 3 rings (SSSR count). The average molecular weight is 271 g/mol. The monoisotopic (exact) mass is 271 g/mol. The Morgan fingerprint density at radius 2 is 1.79 bits per heavy atom. The first kappa shape index (κ1) is 12.6.